The van der Waals surface area contributed by atoms with Gasteiger partial charge in [-0.3, -0.25) is 9.69 Å². The van der Waals surface area contributed by atoms with Crippen LogP contribution in [0.15, 0.2) is 0 Å². The first-order chi connectivity index (χ1) is 11.6. The predicted octanol–water partition coefficient (Wildman–Crippen LogP) is 0.902. The topological polar surface area (TPSA) is 72.3 Å². The summed E-state index contributed by atoms with van der Waals surface area (Å²) >= 11 is 0. The van der Waals surface area contributed by atoms with Crippen LogP contribution in [0.2, 0.25) is 0 Å². The molecule has 1 aromatic heterocycles. The smallest absolute Gasteiger partial charge is 0.234 e. The standard InChI is InChI=1S/C17H29N5O2/c1-13-18-14(2)22(20-13)11-15-4-3-7-21(10-15)12-17(23)19-16-5-8-24-9-6-16/h15-16H,3-12H2,1-2H3,(H,19,23)/t15-/m1/s1. The first-order valence-electron chi connectivity index (χ1n) is 9.07. The van der Waals surface area contributed by atoms with E-state index < -0.39 is 0 Å². The lowest BCUT2D eigenvalue weighted by Gasteiger charge is -2.33. The number of nitrogens with one attached hydrogen (secondary N) is 1. The molecular formula is C17H29N5O2. The number of piperidine rings is 1. The van der Waals surface area contributed by atoms with Gasteiger partial charge in [-0.15, -0.1) is 0 Å². The zero-order chi connectivity index (χ0) is 16.9. The Morgan fingerprint density at radius 3 is 2.79 bits per heavy atom. The average Bonchev–Trinajstić information content (AvgIpc) is 2.86. The zero-order valence-electron chi connectivity index (χ0n) is 14.8. The second kappa shape index (κ2) is 8.07. The van der Waals surface area contributed by atoms with Crippen LogP contribution in [0.1, 0.15) is 37.3 Å². The van der Waals surface area contributed by atoms with E-state index in [2.05, 4.69) is 20.3 Å². The summed E-state index contributed by atoms with van der Waals surface area (Å²) < 4.78 is 7.34. The van der Waals surface area contributed by atoms with Crippen molar-refractivity contribution in [3.63, 3.8) is 0 Å². The van der Waals surface area contributed by atoms with E-state index >= 15 is 0 Å². The summed E-state index contributed by atoms with van der Waals surface area (Å²) in [5.74, 6) is 2.49. The summed E-state index contributed by atoms with van der Waals surface area (Å²) in [6.07, 6.45) is 4.19. The molecule has 1 amide bonds. The fraction of sp³-hybridized carbons (Fsp3) is 0.824. The van der Waals surface area contributed by atoms with E-state index in [4.69, 9.17) is 4.74 Å². The first-order valence-corrected chi connectivity index (χ1v) is 9.07. The number of rotatable bonds is 5. The van der Waals surface area contributed by atoms with Crippen LogP contribution >= 0.6 is 0 Å². The molecule has 3 heterocycles. The van der Waals surface area contributed by atoms with Crippen molar-refractivity contribution in [2.45, 2.75) is 52.1 Å². The Morgan fingerprint density at radius 1 is 1.29 bits per heavy atom. The maximum absolute atomic E-state index is 12.3. The van der Waals surface area contributed by atoms with Gasteiger partial charge in [0.1, 0.15) is 11.6 Å². The van der Waals surface area contributed by atoms with Crippen molar-refractivity contribution >= 4 is 5.91 Å². The number of hydrogen-bond donors (Lipinski definition) is 1. The molecule has 2 aliphatic heterocycles. The highest BCUT2D eigenvalue weighted by Gasteiger charge is 2.24. The summed E-state index contributed by atoms with van der Waals surface area (Å²) in [4.78, 5) is 18.9. The third-order valence-corrected chi connectivity index (χ3v) is 4.95. The number of ether oxygens (including phenoxy) is 1. The minimum atomic E-state index is 0.148. The van der Waals surface area contributed by atoms with Gasteiger partial charge in [0.15, 0.2) is 0 Å². The minimum Gasteiger partial charge on any atom is -0.381 e. The second-order valence-electron chi connectivity index (χ2n) is 7.09. The van der Waals surface area contributed by atoms with E-state index in [-0.39, 0.29) is 11.9 Å². The molecule has 2 saturated heterocycles. The van der Waals surface area contributed by atoms with Gasteiger partial charge in [0, 0.05) is 32.3 Å². The lowest BCUT2D eigenvalue weighted by Crippen LogP contribution is -2.47. The van der Waals surface area contributed by atoms with Gasteiger partial charge in [-0.2, -0.15) is 5.10 Å². The minimum absolute atomic E-state index is 0.148. The van der Waals surface area contributed by atoms with Crippen LogP contribution in [0.4, 0.5) is 0 Å². The van der Waals surface area contributed by atoms with E-state index in [1.807, 2.05) is 18.5 Å². The highest BCUT2D eigenvalue weighted by atomic mass is 16.5. The number of likely N-dealkylation sites (tertiary alicyclic amines) is 1. The van der Waals surface area contributed by atoms with Crippen molar-refractivity contribution in [3.05, 3.63) is 11.6 Å². The van der Waals surface area contributed by atoms with Crippen molar-refractivity contribution < 1.29 is 9.53 Å². The Morgan fingerprint density at radius 2 is 2.08 bits per heavy atom. The van der Waals surface area contributed by atoms with Crippen LogP contribution in [0, 0.1) is 19.8 Å². The maximum atomic E-state index is 12.3. The van der Waals surface area contributed by atoms with Gasteiger partial charge >= 0.3 is 0 Å². The summed E-state index contributed by atoms with van der Waals surface area (Å²) in [6.45, 7) is 8.81. The van der Waals surface area contributed by atoms with Crippen molar-refractivity contribution in [1.82, 2.24) is 25.0 Å². The fourth-order valence-electron chi connectivity index (χ4n) is 3.74. The second-order valence-corrected chi connectivity index (χ2v) is 7.09. The van der Waals surface area contributed by atoms with Crippen LogP contribution in [0.5, 0.6) is 0 Å². The largest absolute Gasteiger partial charge is 0.381 e. The average molecular weight is 335 g/mol. The highest BCUT2D eigenvalue weighted by Crippen LogP contribution is 2.18. The lowest BCUT2D eigenvalue weighted by molar-refractivity contribution is -0.124. The Kier molecular flexibility index (Phi) is 5.84. The molecule has 0 aliphatic carbocycles. The van der Waals surface area contributed by atoms with Gasteiger partial charge < -0.3 is 10.1 Å². The zero-order valence-corrected chi connectivity index (χ0v) is 14.8. The summed E-state index contributed by atoms with van der Waals surface area (Å²) in [6, 6.07) is 0.285. The lowest BCUT2D eigenvalue weighted by atomic mass is 9.98. The van der Waals surface area contributed by atoms with E-state index in [0.29, 0.717) is 12.5 Å². The Hall–Kier alpha value is -1.47. The molecule has 0 saturated carbocycles. The predicted molar refractivity (Wildman–Crippen MR) is 90.6 cm³/mol. The molecule has 1 aromatic rings. The van der Waals surface area contributed by atoms with E-state index in [1.165, 1.54) is 6.42 Å². The number of hydrogen-bond acceptors (Lipinski definition) is 5. The molecule has 0 bridgehead atoms. The Bertz CT molecular complexity index is 553. The molecule has 7 heteroatoms. The summed E-state index contributed by atoms with van der Waals surface area (Å²) in [7, 11) is 0. The van der Waals surface area contributed by atoms with E-state index in [1.54, 1.807) is 0 Å². The molecule has 0 unspecified atom stereocenters. The highest BCUT2D eigenvalue weighted by molar-refractivity contribution is 5.78. The third kappa shape index (κ3) is 4.77. The molecule has 7 nitrogen and oxygen atoms in total. The molecule has 0 radical (unpaired) electrons. The first kappa shape index (κ1) is 17.4. The van der Waals surface area contributed by atoms with Crippen molar-refractivity contribution in [3.8, 4) is 0 Å². The number of nitrogens with zero attached hydrogens (tertiary/aromatic N) is 4. The number of amides is 1. The molecule has 0 aromatic carbocycles. The van der Waals surface area contributed by atoms with E-state index in [0.717, 1.165) is 63.8 Å². The van der Waals surface area contributed by atoms with Gasteiger partial charge in [-0.1, -0.05) is 0 Å². The molecule has 24 heavy (non-hydrogen) atoms. The fourth-order valence-corrected chi connectivity index (χ4v) is 3.74. The van der Waals surface area contributed by atoms with Gasteiger partial charge in [0.2, 0.25) is 5.91 Å². The van der Waals surface area contributed by atoms with Gasteiger partial charge in [0.05, 0.1) is 6.54 Å². The molecular weight excluding hydrogens is 306 g/mol. The molecule has 1 N–H and O–H groups in total. The van der Waals surface area contributed by atoms with Crippen LogP contribution in [0.3, 0.4) is 0 Å². The van der Waals surface area contributed by atoms with Crippen LogP contribution in [-0.4, -0.2) is 64.5 Å². The number of carbonyl (C=O) groups excluding carboxylic acids is 1. The molecule has 1 atom stereocenters. The summed E-state index contributed by atoms with van der Waals surface area (Å²) in [5, 5.41) is 7.62. The maximum Gasteiger partial charge on any atom is 0.234 e. The monoisotopic (exact) mass is 335 g/mol. The summed E-state index contributed by atoms with van der Waals surface area (Å²) in [5.41, 5.74) is 0. The SMILES string of the molecule is Cc1nc(C)n(C[C@@H]2CCCN(CC(=O)NC3CCOCC3)C2)n1. The van der Waals surface area contributed by atoms with Gasteiger partial charge in [0.25, 0.3) is 0 Å². The van der Waals surface area contributed by atoms with Crippen LogP contribution in [0.25, 0.3) is 0 Å². The van der Waals surface area contributed by atoms with Crippen molar-refractivity contribution in [2.75, 3.05) is 32.8 Å². The number of aromatic nitrogens is 3. The molecule has 134 valence electrons. The van der Waals surface area contributed by atoms with Crippen molar-refractivity contribution in [2.24, 2.45) is 5.92 Å². The third-order valence-electron chi connectivity index (χ3n) is 4.95. The van der Waals surface area contributed by atoms with Gasteiger partial charge in [-0.05, 0) is 52.0 Å². The number of carbonyl (C=O) groups is 1. The normalized spacial score (nSPS) is 23.3. The van der Waals surface area contributed by atoms with Gasteiger partial charge in [-0.25, -0.2) is 9.67 Å². The molecule has 3 rings (SSSR count). The number of aryl methyl sites for hydroxylation is 2. The quantitative estimate of drug-likeness (QED) is 0.866. The molecule has 2 aliphatic rings. The molecule has 2 fully saturated rings. The van der Waals surface area contributed by atoms with Crippen LogP contribution < -0.4 is 5.32 Å². The van der Waals surface area contributed by atoms with Crippen molar-refractivity contribution in [1.29, 1.82) is 0 Å². The van der Waals surface area contributed by atoms with E-state index in [9.17, 15) is 4.79 Å². The Labute approximate surface area is 143 Å². The molecule has 0 spiro atoms. The Balaban J connectivity index is 1.46. The van der Waals surface area contributed by atoms with Crippen LogP contribution in [-0.2, 0) is 16.1 Å².